The topological polar surface area (TPSA) is 86.8 Å². The molecule has 4 rings (SSSR count). The number of halogens is 3. The molecule has 2 aliphatic rings. The van der Waals surface area contributed by atoms with Gasteiger partial charge in [-0.15, -0.1) is 11.8 Å². The number of benzene rings is 2. The van der Waals surface area contributed by atoms with Gasteiger partial charge >= 0.3 is 6.18 Å². The first-order chi connectivity index (χ1) is 19.7. The summed E-state index contributed by atoms with van der Waals surface area (Å²) in [5.41, 5.74) is -1.12. The summed E-state index contributed by atoms with van der Waals surface area (Å²) in [6.45, 7) is 4.51. The van der Waals surface area contributed by atoms with E-state index in [1.165, 1.54) is 17.8 Å². The molecule has 1 aliphatic heterocycles. The van der Waals surface area contributed by atoms with Crippen LogP contribution in [-0.2, 0) is 20.8 Å². The zero-order valence-corrected chi connectivity index (χ0v) is 25.9. The number of alkyl halides is 3. The van der Waals surface area contributed by atoms with Crippen molar-refractivity contribution in [1.29, 1.82) is 0 Å². The number of rotatable bonds is 9. The summed E-state index contributed by atoms with van der Waals surface area (Å²) in [6.07, 6.45) is -0.358. The lowest BCUT2D eigenvalue weighted by Crippen LogP contribution is -2.53. The maximum absolute atomic E-state index is 13.6. The van der Waals surface area contributed by atoms with Gasteiger partial charge in [0.2, 0.25) is 5.91 Å². The van der Waals surface area contributed by atoms with E-state index in [1.807, 2.05) is 13.3 Å². The van der Waals surface area contributed by atoms with Crippen LogP contribution in [0.3, 0.4) is 0 Å². The molecule has 7 nitrogen and oxygen atoms in total. The third-order valence-electron chi connectivity index (χ3n) is 8.55. The second-order valence-electron chi connectivity index (χ2n) is 11.4. The van der Waals surface area contributed by atoms with Gasteiger partial charge in [0.05, 0.1) is 16.2 Å². The summed E-state index contributed by atoms with van der Waals surface area (Å²) in [6, 6.07) is 10.1. The molecule has 0 aromatic heterocycles. The molecule has 2 amide bonds. The van der Waals surface area contributed by atoms with Crippen molar-refractivity contribution in [1.82, 2.24) is 15.1 Å². The SMILES string of the molecule is CSc1ccc(S(=O)(=O)C[C@@H]2C[C@H](N(C)C(C)C)CC[C@@H]2N2CC[C@H](NC(=O)c3cccc(C(F)(F)F)c3)C2=O)cc1. The second kappa shape index (κ2) is 13.0. The lowest BCUT2D eigenvalue weighted by molar-refractivity contribution is -0.137. The van der Waals surface area contributed by atoms with E-state index in [4.69, 9.17) is 0 Å². The summed E-state index contributed by atoms with van der Waals surface area (Å²) in [7, 11) is -1.62. The minimum absolute atomic E-state index is 0.107. The molecule has 2 fully saturated rings. The van der Waals surface area contributed by atoms with Gasteiger partial charge in [-0.2, -0.15) is 13.2 Å². The summed E-state index contributed by atoms with van der Waals surface area (Å²) < 4.78 is 66.5. The largest absolute Gasteiger partial charge is 0.416 e. The summed E-state index contributed by atoms with van der Waals surface area (Å²) in [5, 5.41) is 2.61. The highest BCUT2D eigenvalue weighted by Crippen LogP contribution is 2.36. The number of likely N-dealkylation sites (tertiary alicyclic amines) is 1. The zero-order chi connectivity index (χ0) is 30.8. The van der Waals surface area contributed by atoms with E-state index < -0.39 is 33.5 Å². The standard InChI is InChI=1S/C30H38F3N3O4S2/c1-19(2)35(3)23-8-13-27(21(17-23)18-42(39,40)25-11-9-24(41-4)10-12-25)36-15-14-26(29(36)38)34-28(37)20-6-5-7-22(16-20)30(31,32)33/h5-7,9-12,16,19,21,23,26-27H,8,13-15,17-18H2,1-4H3,(H,34,37)/t21-,23+,26-,27-/m0/s1. The average molecular weight is 626 g/mol. The number of carbonyl (C=O) groups is 2. The van der Waals surface area contributed by atoms with E-state index in [-0.39, 0.29) is 46.2 Å². The van der Waals surface area contributed by atoms with Crippen molar-refractivity contribution in [3.8, 4) is 0 Å². The Balaban J connectivity index is 1.52. The Labute approximate surface area is 250 Å². The lowest BCUT2D eigenvalue weighted by Gasteiger charge is -2.44. The van der Waals surface area contributed by atoms with Gasteiger partial charge in [-0.25, -0.2) is 8.42 Å². The molecule has 1 N–H and O–H groups in total. The van der Waals surface area contributed by atoms with Crippen LogP contribution in [0.2, 0.25) is 0 Å². The van der Waals surface area contributed by atoms with E-state index in [0.717, 1.165) is 29.5 Å². The molecule has 0 bridgehead atoms. The third-order valence-corrected chi connectivity index (χ3v) is 11.2. The Bertz CT molecular complexity index is 1380. The Morgan fingerprint density at radius 1 is 1.12 bits per heavy atom. The van der Waals surface area contributed by atoms with Gasteiger partial charge in [-0.1, -0.05) is 6.07 Å². The molecule has 1 heterocycles. The van der Waals surface area contributed by atoms with Gasteiger partial charge in [-0.3, -0.25) is 9.59 Å². The van der Waals surface area contributed by atoms with Crippen LogP contribution in [-0.4, -0.2) is 79.8 Å². The minimum Gasteiger partial charge on any atom is -0.340 e. The van der Waals surface area contributed by atoms with E-state index in [1.54, 1.807) is 29.2 Å². The Morgan fingerprint density at radius 3 is 2.43 bits per heavy atom. The number of amides is 2. The number of sulfone groups is 1. The van der Waals surface area contributed by atoms with Crippen LogP contribution in [0.1, 0.15) is 55.5 Å². The normalized spacial score (nSPS) is 23.5. The molecule has 1 saturated carbocycles. The molecule has 1 aliphatic carbocycles. The van der Waals surface area contributed by atoms with Crippen LogP contribution in [0.25, 0.3) is 0 Å². The predicted octanol–water partition coefficient (Wildman–Crippen LogP) is 5.11. The van der Waals surface area contributed by atoms with Crippen molar-refractivity contribution < 1.29 is 31.2 Å². The van der Waals surface area contributed by atoms with Crippen molar-refractivity contribution >= 4 is 33.4 Å². The van der Waals surface area contributed by atoms with Crippen molar-refractivity contribution in [3.05, 3.63) is 59.7 Å². The smallest absolute Gasteiger partial charge is 0.340 e. The molecule has 2 aromatic carbocycles. The predicted molar refractivity (Wildman–Crippen MR) is 157 cm³/mol. The molecule has 1 saturated heterocycles. The Hall–Kier alpha value is -2.57. The monoisotopic (exact) mass is 625 g/mol. The molecule has 2 aromatic rings. The molecular weight excluding hydrogens is 587 g/mol. The van der Waals surface area contributed by atoms with Gasteiger partial charge < -0.3 is 15.1 Å². The minimum atomic E-state index is -4.59. The van der Waals surface area contributed by atoms with Gasteiger partial charge in [0.25, 0.3) is 5.91 Å². The van der Waals surface area contributed by atoms with E-state index in [2.05, 4.69) is 24.1 Å². The Kier molecular flexibility index (Phi) is 9.99. The van der Waals surface area contributed by atoms with Crippen LogP contribution in [0.15, 0.2) is 58.3 Å². The quantitative estimate of drug-likeness (QED) is 0.390. The molecule has 42 heavy (non-hydrogen) atoms. The number of nitrogens with one attached hydrogen (secondary N) is 1. The van der Waals surface area contributed by atoms with Gasteiger partial charge in [0.1, 0.15) is 6.04 Å². The van der Waals surface area contributed by atoms with Crippen molar-refractivity contribution in [2.24, 2.45) is 5.92 Å². The van der Waals surface area contributed by atoms with Crippen LogP contribution >= 0.6 is 11.8 Å². The molecular formula is C30H38F3N3O4S2. The van der Waals surface area contributed by atoms with E-state index in [9.17, 15) is 31.2 Å². The zero-order valence-electron chi connectivity index (χ0n) is 24.2. The van der Waals surface area contributed by atoms with Gasteiger partial charge in [0, 0.05) is 35.1 Å². The molecule has 12 heteroatoms. The highest BCUT2D eigenvalue weighted by molar-refractivity contribution is 7.98. The number of carbonyl (C=O) groups excluding carboxylic acids is 2. The van der Waals surface area contributed by atoms with Crippen LogP contribution in [0.5, 0.6) is 0 Å². The third kappa shape index (κ3) is 7.31. The van der Waals surface area contributed by atoms with Gasteiger partial charge in [-0.05, 0) is 101 Å². The lowest BCUT2D eigenvalue weighted by atomic mass is 9.81. The molecule has 230 valence electrons. The fourth-order valence-corrected chi connectivity index (χ4v) is 8.08. The average Bonchev–Trinajstić information content (AvgIpc) is 3.31. The van der Waals surface area contributed by atoms with E-state index >= 15 is 0 Å². The van der Waals surface area contributed by atoms with Crippen molar-refractivity contribution in [2.45, 2.75) is 79.7 Å². The number of hydrogen-bond donors (Lipinski definition) is 1. The number of hydrogen-bond acceptors (Lipinski definition) is 6. The molecule has 4 atom stereocenters. The van der Waals surface area contributed by atoms with Crippen molar-refractivity contribution in [2.75, 3.05) is 25.6 Å². The molecule has 0 unspecified atom stereocenters. The van der Waals surface area contributed by atoms with Gasteiger partial charge in [0.15, 0.2) is 9.84 Å². The highest BCUT2D eigenvalue weighted by Gasteiger charge is 2.44. The molecule has 0 radical (unpaired) electrons. The maximum Gasteiger partial charge on any atom is 0.416 e. The summed E-state index contributed by atoms with van der Waals surface area (Å²) >= 11 is 1.53. The van der Waals surface area contributed by atoms with Crippen LogP contribution in [0.4, 0.5) is 13.2 Å². The maximum atomic E-state index is 13.6. The first kappa shape index (κ1) is 32.3. The fourth-order valence-electron chi connectivity index (χ4n) is 6.01. The number of thioether (sulfide) groups is 1. The summed E-state index contributed by atoms with van der Waals surface area (Å²) in [4.78, 5) is 31.5. The Morgan fingerprint density at radius 2 is 1.81 bits per heavy atom. The molecule has 0 spiro atoms. The first-order valence-corrected chi connectivity index (χ1v) is 17.0. The van der Waals surface area contributed by atoms with Crippen LogP contribution < -0.4 is 5.32 Å². The van der Waals surface area contributed by atoms with E-state index in [0.29, 0.717) is 25.8 Å². The van der Waals surface area contributed by atoms with Crippen LogP contribution in [0, 0.1) is 5.92 Å². The first-order valence-electron chi connectivity index (χ1n) is 14.1. The summed E-state index contributed by atoms with van der Waals surface area (Å²) in [5.74, 6) is -1.51. The second-order valence-corrected chi connectivity index (χ2v) is 14.3. The fraction of sp³-hybridized carbons (Fsp3) is 0.533. The number of nitrogens with zero attached hydrogens (tertiary/aromatic N) is 2. The highest BCUT2D eigenvalue weighted by atomic mass is 32.2. The van der Waals surface area contributed by atoms with Crippen molar-refractivity contribution in [3.63, 3.8) is 0 Å².